The van der Waals surface area contributed by atoms with Gasteiger partial charge in [0.1, 0.15) is 0 Å². The lowest BCUT2D eigenvalue weighted by Gasteiger charge is -2.19. The highest BCUT2D eigenvalue weighted by Gasteiger charge is 2.29. The number of hydrogen-bond donors (Lipinski definition) is 2. The minimum absolute atomic E-state index is 0.215. The summed E-state index contributed by atoms with van der Waals surface area (Å²) in [6.45, 7) is 0.713. The zero-order chi connectivity index (χ0) is 16.2. The summed E-state index contributed by atoms with van der Waals surface area (Å²) < 4.78 is 26.0. The third-order valence-electron chi connectivity index (χ3n) is 2.87. The van der Waals surface area contributed by atoms with Gasteiger partial charge in [0.15, 0.2) is 4.90 Å². The molecule has 0 amide bonds. The summed E-state index contributed by atoms with van der Waals surface area (Å²) in [4.78, 5) is 11.7. The molecule has 0 fully saturated rings. The third kappa shape index (κ3) is 4.11. The number of benzene rings is 1. The first-order chi connectivity index (χ1) is 9.70. The molecule has 0 aliphatic rings. The second-order valence-electron chi connectivity index (χ2n) is 4.71. The molecule has 0 atom stereocenters. The van der Waals surface area contributed by atoms with Crippen molar-refractivity contribution in [3.8, 4) is 0 Å². The average Bonchev–Trinajstić information content (AvgIpc) is 2.43. The Morgan fingerprint density at radius 3 is 2.38 bits per heavy atom. The highest BCUT2D eigenvalue weighted by molar-refractivity contribution is 7.89. The van der Waals surface area contributed by atoms with Crippen molar-refractivity contribution >= 4 is 21.4 Å². The van der Waals surface area contributed by atoms with Crippen LogP contribution in [0.2, 0.25) is 0 Å². The molecule has 9 nitrogen and oxygen atoms in total. The molecule has 10 heteroatoms. The number of nitrogen functional groups attached to an aromatic ring is 1. The molecule has 0 aliphatic carbocycles. The lowest BCUT2D eigenvalue weighted by Crippen LogP contribution is -2.33. The smallest absolute Gasteiger partial charge is 0.289 e. The summed E-state index contributed by atoms with van der Waals surface area (Å²) in [5.41, 5.74) is 2.08. The van der Waals surface area contributed by atoms with Gasteiger partial charge in [-0.15, -0.1) is 0 Å². The van der Waals surface area contributed by atoms with Crippen molar-refractivity contribution in [1.82, 2.24) is 9.21 Å². The number of likely N-dealkylation sites (N-methyl/N-ethyl adjacent to an activating group) is 2. The molecule has 1 aromatic rings. The molecule has 0 unspecified atom stereocenters. The van der Waals surface area contributed by atoms with Crippen LogP contribution in [0.5, 0.6) is 0 Å². The van der Waals surface area contributed by atoms with Crippen LogP contribution in [0, 0.1) is 10.1 Å². The minimum Gasteiger partial charge on any atom is -0.324 e. The highest BCUT2D eigenvalue weighted by atomic mass is 32.2. The van der Waals surface area contributed by atoms with Crippen LogP contribution < -0.4 is 11.3 Å². The molecule has 1 aromatic carbocycles. The summed E-state index contributed by atoms with van der Waals surface area (Å²) in [6.07, 6.45) is 0. The molecule has 3 N–H and O–H groups in total. The maximum Gasteiger partial charge on any atom is 0.289 e. The maximum absolute atomic E-state index is 12.5. The van der Waals surface area contributed by atoms with E-state index in [1.54, 1.807) is 0 Å². The molecular formula is C11H19N5O4S. The first-order valence-corrected chi connectivity index (χ1v) is 7.50. The summed E-state index contributed by atoms with van der Waals surface area (Å²) in [5, 5.41) is 11.0. The van der Waals surface area contributed by atoms with Crippen LogP contribution in [-0.2, 0) is 10.0 Å². The van der Waals surface area contributed by atoms with Crippen LogP contribution in [0.4, 0.5) is 11.4 Å². The maximum atomic E-state index is 12.5. The Morgan fingerprint density at radius 2 is 1.90 bits per heavy atom. The van der Waals surface area contributed by atoms with E-state index in [0.29, 0.717) is 6.54 Å². The summed E-state index contributed by atoms with van der Waals surface area (Å²) >= 11 is 0. The van der Waals surface area contributed by atoms with Gasteiger partial charge in [-0.3, -0.25) is 16.0 Å². The average molecular weight is 317 g/mol. The third-order valence-corrected chi connectivity index (χ3v) is 4.76. The van der Waals surface area contributed by atoms with Crippen molar-refractivity contribution in [3.63, 3.8) is 0 Å². The van der Waals surface area contributed by atoms with E-state index in [1.807, 2.05) is 19.0 Å². The molecule has 0 saturated heterocycles. The number of hydrazine groups is 1. The number of nitrogens with two attached hydrogens (primary N) is 1. The number of sulfonamides is 1. The minimum atomic E-state index is -3.97. The summed E-state index contributed by atoms with van der Waals surface area (Å²) in [6, 6.07) is 3.61. The fraction of sp³-hybridized carbons (Fsp3) is 0.455. The van der Waals surface area contributed by atoms with Crippen LogP contribution >= 0.6 is 0 Å². The molecule has 1 rings (SSSR count). The lowest BCUT2D eigenvalue weighted by atomic mass is 10.3. The number of anilines is 1. The van der Waals surface area contributed by atoms with Gasteiger partial charge < -0.3 is 10.3 Å². The van der Waals surface area contributed by atoms with E-state index in [4.69, 9.17) is 5.84 Å². The number of nitro benzene ring substituents is 1. The molecule has 0 heterocycles. The van der Waals surface area contributed by atoms with Crippen LogP contribution in [0.3, 0.4) is 0 Å². The Morgan fingerprint density at radius 1 is 1.29 bits per heavy atom. The van der Waals surface area contributed by atoms with Gasteiger partial charge in [0.25, 0.3) is 5.69 Å². The van der Waals surface area contributed by atoms with E-state index in [-0.39, 0.29) is 17.1 Å². The van der Waals surface area contributed by atoms with Crippen LogP contribution in [0.25, 0.3) is 0 Å². The summed E-state index contributed by atoms with van der Waals surface area (Å²) in [7, 11) is 1.02. The van der Waals surface area contributed by atoms with Gasteiger partial charge in [-0.25, -0.2) is 8.42 Å². The lowest BCUT2D eigenvalue weighted by molar-refractivity contribution is -0.387. The van der Waals surface area contributed by atoms with Gasteiger partial charge in [-0.05, 0) is 26.2 Å². The van der Waals surface area contributed by atoms with E-state index in [9.17, 15) is 18.5 Å². The molecule has 0 aromatic heterocycles. The van der Waals surface area contributed by atoms with Gasteiger partial charge in [-0.1, -0.05) is 0 Å². The number of hydrogen-bond acceptors (Lipinski definition) is 7. The van der Waals surface area contributed by atoms with Crippen molar-refractivity contribution in [3.05, 3.63) is 28.3 Å². The Balaban J connectivity index is 3.25. The molecule has 0 spiro atoms. The molecule has 0 bridgehead atoms. The monoisotopic (exact) mass is 317 g/mol. The van der Waals surface area contributed by atoms with E-state index < -0.39 is 20.6 Å². The van der Waals surface area contributed by atoms with Crippen molar-refractivity contribution in [2.75, 3.05) is 39.7 Å². The van der Waals surface area contributed by atoms with Gasteiger partial charge >= 0.3 is 0 Å². The normalized spacial score (nSPS) is 11.9. The van der Waals surface area contributed by atoms with Gasteiger partial charge in [0.2, 0.25) is 10.0 Å². The molecule has 0 aliphatic heterocycles. The zero-order valence-corrected chi connectivity index (χ0v) is 12.9. The standard InChI is InChI=1S/C11H19N5O4S/c1-14(2)6-7-15(3)21(19,20)11-8-9(13-12)4-5-10(11)16(17)18/h4-5,8,13H,6-7,12H2,1-3H3. The van der Waals surface area contributed by atoms with E-state index in [1.165, 1.54) is 13.1 Å². The molecule has 0 radical (unpaired) electrons. The van der Waals surface area contributed by atoms with Crippen LogP contribution in [0.1, 0.15) is 0 Å². The zero-order valence-electron chi connectivity index (χ0n) is 12.1. The molecule has 0 saturated carbocycles. The Labute approximate surface area is 123 Å². The molecule has 118 valence electrons. The van der Waals surface area contributed by atoms with Gasteiger partial charge in [0.05, 0.1) is 10.6 Å². The van der Waals surface area contributed by atoms with Crippen molar-refractivity contribution in [2.24, 2.45) is 5.84 Å². The van der Waals surface area contributed by atoms with Crippen molar-refractivity contribution in [2.45, 2.75) is 4.90 Å². The number of nitrogens with one attached hydrogen (secondary N) is 1. The first kappa shape index (κ1) is 17.3. The van der Waals surface area contributed by atoms with Crippen LogP contribution in [-0.4, -0.2) is 56.8 Å². The first-order valence-electron chi connectivity index (χ1n) is 6.06. The SMILES string of the molecule is CN(C)CCN(C)S(=O)(=O)c1cc(NN)ccc1[N+](=O)[O-]. The fourth-order valence-electron chi connectivity index (χ4n) is 1.59. The predicted molar refractivity (Wildman–Crippen MR) is 79.3 cm³/mol. The van der Waals surface area contributed by atoms with Crippen LogP contribution in [0.15, 0.2) is 23.1 Å². The fourth-order valence-corrected chi connectivity index (χ4v) is 2.93. The Bertz CT molecular complexity index is 617. The second-order valence-corrected chi connectivity index (χ2v) is 6.73. The molecular weight excluding hydrogens is 298 g/mol. The number of nitro groups is 1. The number of rotatable bonds is 7. The van der Waals surface area contributed by atoms with Crippen molar-refractivity contribution in [1.29, 1.82) is 0 Å². The summed E-state index contributed by atoms with van der Waals surface area (Å²) in [5.74, 6) is 5.23. The van der Waals surface area contributed by atoms with Crippen molar-refractivity contribution < 1.29 is 13.3 Å². The largest absolute Gasteiger partial charge is 0.324 e. The van der Waals surface area contributed by atoms with E-state index in [2.05, 4.69) is 5.43 Å². The van der Waals surface area contributed by atoms with E-state index >= 15 is 0 Å². The second kappa shape index (κ2) is 6.80. The topological polar surface area (TPSA) is 122 Å². The molecule has 21 heavy (non-hydrogen) atoms. The quantitative estimate of drug-likeness (QED) is 0.414. The Hall–Kier alpha value is -1.75. The van der Waals surface area contributed by atoms with Gasteiger partial charge in [-0.2, -0.15) is 4.31 Å². The predicted octanol–water partition coefficient (Wildman–Crippen LogP) is 0.0625. The highest BCUT2D eigenvalue weighted by Crippen LogP contribution is 2.28. The van der Waals surface area contributed by atoms with E-state index in [0.717, 1.165) is 16.4 Å². The van der Waals surface area contributed by atoms with Gasteiger partial charge in [0, 0.05) is 26.2 Å². The Kier molecular flexibility index (Phi) is 5.61. The number of nitrogens with zero attached hydrogens (tertiary/aromatic N) is 3.